The van der Waals surface area contributed by atoms with E-state index in [1.54, 1.807) is 0 Å². The molecule has 0 aliphatic carbocycles. The average Bonchev–Trinajstić information content (AvgIpc) is 3.55. The summed E-state index contributed by atoms with van der Waals surface area (Å²) in [5.74, 6) is 3.43. The van der Waals surface area contributed by atoms with E-state index in [4.69, 9.17) is 9.47 Å². The van der Waals surface area contributed by atoms with Gasteiger partial charge in [0.15, 0.2) is 0 Å². The van der Waals surface area contributed by atoms with Crippen molar-refractivity contribution in [1.82, 2.24) is 10.6 Å². The van der Waals surface area contributed by atoms with Crippen molar-refractivity contribution >= 4 is 23.8 Å². The van der Waals surface area contributed by atoms with E-state index in [2.05, 4.69) is 38.3 Å². The smallest absolute Gasteiger partial charge is 0.305 e. The van der Waals surface area contributed by atoms with E-state index >= 15 is 0 Å². The molecule has 0 saturated carbocycles. The monoisotopic (exact) mass is 1190 g/mol. The molecule has 84 heavy (non-hydrogen) atoms. The molecule has 0 rings (SSSR count). The fourth-order valence-corrected chi connectivity index (χ4v) is 13.6. The van der Waals surface area contributed by atoms with E-state index in [1.807, 2.05) is 6.92 Å². The Hall–Kier alpha value is -2.12. The second-order valence-corrected chi connectivity index (χ2v) is 26.9. The molecular weight excluding hydrogens is 1040 g/mol. The van der Waals surface area contributed by atoms with Gasteiger partial charge in [-0.3, -0.25) is 19.2 Å². The lowest BCUT2D eigenvalue weighted by Gasteiger charge is -2.28. The number of unbranched alkanes of at least 4 members (excludes halogenated alkanes) is 40. The van der Waals surface area contributed by atoms with E-state index in [-0.39, 0.29) is 29.9 Å². The lowest BCUT2D eigenvalue weighted by atomic mass is 9.78. The van der Waals surface area contributed by atoms with Gasteiger partial charge in [-0.15, -0.1) is 0 Å². The van der Waals surface area contributed by atoms with Gasteiger partial charge in [-0.25, -0.2) is 0 Å². The summed E-state index contributed by atoms with van der Waals surface area (Å²) in [6.45, 7) is 11.2. The fraction of sp³-hybridized carbons (Fsp3) is 0.947. The molecule has 8 heteroatoms. The van der Waals surface area contributed by atoms with Crippen LogP contribution in [0.3, 0.4) is 0 Å². The summed E-state index contributed by atoms with van der Waals surface area (Å²) >= 11 is 0. The van der Waals surface area contributed by atoms with Gasteiger partial charge in [0.25, 0.3) is 0 Å². The van der Waals surface area contributed by atoms with E-state index < -0.39 is 0 Å². The predicted molar refractivity (Wildman–Crippen MR) is 363 cm³/mol. The topological polar surface area (TPSA) is 111 Å². The molecule has 4 atom stereocenters. The Morgan fingerprint density at radius 1 is 0.250 bits per heavy atom. The van der Waals surface area contributed by atoms with E-state index in [0.717, 1.165) is 75.0 Å². The van der Waals surface area contributed by atoms with Crippen molar-refractivity contribution in [3.05, 3.63) is 0 Å². The number of methoxy groups -OCH3 is 2. The van der Waals surface area contributed by atoms with Crippen molar-refractivity contribution in [3.8, 4) is 0 Å². The van der Waals surface area contributed by atoms with Crippen LogP contribution in [0.4, 0.5) is 0 Å². The molecular formula is C76H148N2O6. The first kappa shape index (κ1) is 81.9. The Kier molecular flexibility index (Phi) is 63.7. The maximum atomic E-state index is 12.9. The summed E-state index contributed by atoms with van der Waals surface area (Å²) in [4.78, 5) is 48.8. The summed E-state index contributed by atoms with van der Waals surface area (Å²) in [7, 11) is 2.98. The number of esters is 2. The third kappa shape index (κ3) is 56.4. The predicted octanol–water partition coefficient (Wildman–Crippen LogP) is 23.9. The lowest BCUT2D eigenvalue weighted by molar-refractivity contribution is -0.141. The minimum absolute atomic E-state index is 0.0544. The maximum absolute atomic E-state index is 12.9. The normalized spacial score (nSPS) is 13.4. The minimum atomic E-state index is -0.332. The molecule has 0 aliphatic heterocycles. The Morgan fingerprint density at radius 3 is 0.607 bits per heavy atom. The highest BCUT2D eigenvalue weighted by Gasteiger charge is 2.23. The zero-order chi connectivity index (χ0) is 61.5. The van der Waals surface area contributed by atoms with Gasteiger partial charge in [0, 0.05) is 25.7 Å². The molecule has 0 saturated heterocycles. The molecule has 2 amide bonds. The van der Waals surface area contributed by atoms with Gasteiger partial charge in [0.1, 0.15) is 0 Å². The van der Waals surface area contributed by atoms with Crippen LogP contribution in [-0.4, -0.2) is 44.1 Å². The van der Waals surface area contributed by atoms with Crippen LogP contribution in [0.15, 0.2) is 0 Å². The highest BCUT2D eigenvalue weighted by Crippen LogP contribution is 2.36. The van der Waals surface area contributed by atoms with Crippen LogP contribution in [0.2, 0.25) is 0 Å². The zero-order valence-electron chi connectivity index (χ0n) is 57.8. The van der Waals surface area contributed by atoms with Crippen molar-refractivity contribution in [1.29, 1.82) is 0 Å². The Labute approximate surface area is 524 Å². The average molecular weight is 1190 g/mol. The number of amides is 2. The first-order valence-corrected chi connectivity index (χ1v) is 37.9. The van der Waals surface area contributed by atoms with Crippen LogP contribution in [0.25, 0.3) is 0 Å². The molecule has 0 aromatic heterocycles. The second kappa shape index (κ2) is 65.3. The molecule has 0 aromatic rings. The molecule has 0 radical (unpaired) electrons. The van der Waals surface area contributed by atoms with Crippen LogP contribution in [0.5, 0.6) is 0 Å². The van der Waals surface area contributed by atoms with Crippen molar-refractivity contribution in [2.45, 2.75) is 426 Å². The molecule has 0 aliphatic rings. The van der Waals surface area contributed by atoms with Crippen molar-refractivity contribution < 1.29 is 28.7 Å². The maximum Gasteiger partial charge on any atom is 0.305 e. The third-order valence-electron chi connectivity index (χ3n) is 19.1. The molecule has 0 bridgehead atoms. The number of rotatable bonds is 68. The molecule has 2 N–H and O–H groups in total. The zero-order valence-corrected chi connectivity index (χ0v) is 57.8. The fourth-order valence-electron chi connectivity index (χ4n) is 13.6. The van der Waals surface area contributed by atoms with Gasteiger partial charge in [0.2, 0.25) is 11.8 Å². The second-order valence-electron chi connectivity index (χ2n) is 26.9. The standard InChI is InChI=1S/C76H148N2O6/c1-8-12-16-20-32-44-56-69(71(58-46-34-22-18-14-10-3)62-50-38-26-30-42-54-66-75(81)83-6)60-48-36-24-28-40-52-64-73(79)77-68(5)78-74(80)65-53-41-29-25-37-49-61-70(57-45-33-21-17-13-9-2)72(59-47-35-23-19-15-11-4)63-51-39-27-31-43-55-67-76(82)84-7/h68-72H,8-67H2,1-7H3,(H,77,79)(H,78,80). The highest BCUT2D eigenvalue weighted by molar-refractivity contribution is 5.79. The van der Waals surface area contributed by atoms with Gasteiger partial charge in [-0.1, -0.05) is 362 Å². The number of nitrogens with one attached hydrogen (secondary N) is 2. The van der Waals surface area contributed by atoms with Crippen molar-refractivity contribution in [2.24, 2.45) is 23.7 Å². The SMILES string of the molecule is CCCCCCCCC(CCCCCCCCC(=O)NC(C)NC(=O)CCCCCCCCC(CCCCCCCC)C(CCCCCCCC)CCCCCCCCC(=O)OC)C(CCCCCCCC)CCCCCCCCC(=O)OC. The van der Waals surface area contributed by atoms with Crippen LogP contribution in [-0.2, 0) is 28.7 Å². The number of hydrogen-bond acceptors (Lipinski definition) is 6. The Morgan fingerprint density at radius 2 is 0.417 bits per heavy atom. The summed E-state index contributed by atoms with van der Waals surface area (Å²) in [6.07, 6.45) is 75.2. The quantitative estimate of drug-likeness (QED) is 0.0357. The van der Waals surface area contributed by atoms with Gasteiger partial charge >= 0.3 is 11.9 Å². The molecule has 0 heterocycles. The summed E-state index contributed by atoms with van der Waals surface area (Å²) < 4.78 is 9.66. The summed E-state index contributed by atoms with van der Waals surface area (Å²) in [6, 6.07) is 0. The number of carbonyl (C=O) groups is 4. The first-order chi connectivity index (χ1) is 41.1. The Balaban J connectivity index is 4.82. The van der Waals surface area contributed by atoms with Gasteiger partial charge in [0.05, 0.1) is 20.4 Å². The molecule has 0 aromatic carbocycles. The van der Waals surface area contributed by atoms with Crippen molar-refractivity contribution in [3.63, 3.8) is 0 Å². The van der Waals surface area contributed by atoms with Crippen LogP contribution >= 0.6 is 0 Å². The first-order valence-electron chi connectivity index (χ1n) is 37.9. The Bertz CT molecular complexity index is 1300. The van der Waals surface area contributed by atoms with Crippen LogP contribution in [0.1, 0.15) is 420 Å². The van der Waals surface area contributed by atoms with E-state index in [0.29, 0.717) is 25.7 Å². The number of ether oxygens (including phenoxy) is 2. The molecule has 0 fully saturated rings. The molecule has 4 unspecified atom stereocenters. The van der Waals surface area contributed by atoms with Gasteiger partial charge in [-0.05, 0) is 56.3 Å². The van der Waals surface area contributed by atoms with Crippen molar-refractivity contribution in [2.75, 3.05) is 14.2 Å². The summed E-state index contributed by atoms with van der Waals surface area (Å²) in [5, 5.41) is 6.11. The molecule has 0 spiro atoms. The summed E-state index contributed by atoms with van der Waals surface area (Å²) in [5.41, 5.74) is 0. The number of hydrogen-bond donors (Lipinski definition) is 2. The molecule has 498 valence electrons. The van der Waals surface area contributed by atoms with E-state index in [1.165, 1.54) is 322 Å². The van der Waals surface area contributed by atoms with Crippen LogP contribution < -0.4 is 10.6 Å². The largest absolute Gasteiger partial charge is 0.469 e. The lowest BCUT2D eigenvalue weighted by Crippen LogP contribution is -2.45. The van der Waals surface area contributed by atoms with Crippen LogP contribution in [0, 0.1) is 23.7 Å². The molecule has 8 nitrogen and oxygen atoms in total. The van der Waals surface area contributed by atoms with E-state index in [9.17, 15) is 19.2 Å². The van der Waals surface area contributed by atoms with Gasteiger partial charge < -0.3 is 20.1 Å². The van der Waals surface area contributed by atoms with Gasteiger partial charge in [-0.2, -0.15) is 0 Å². The third-order valence-corrected chi connectivity index (χ3v) is 19.1. The highest BCUT2D eigenvalue weighted by atomic mass is 16.5. The minimum Gasteiger partial charge on any atom is -0.469 e. The number of carbonyl (C=O) groups excluding carboxylic acids is 4.